The molecule has 26 heavy (non-hydrogen) atoms. The average Bonchev–Trinajstić information content (AvgIpc) is 2.53. The number of aryl methyl sites for hydroxylation is 1. The number of rotatable bonds is 3. The summed E-state index contributed by atoms with van der Waals surface area (Å²) in [7, 11) is 0. The van der Waals surface area contributed by atoms with Gasteiger partial charge in [0.05, 0.1) is 11.7 Å². The number of amides is 1. The number of benzene rings is 2. The maximum Gasteiger partial charge on any atom is 0.453 e. The van der Waals surface area contributed by atoms with Crippen molar-refractivity contribution in [2.75, 3.05) is 0 Å². The molecule has 3 rings (SSSR count). The van der Waals surface area contributed by atoms with Crippen molar-refractivity contribution in [3.63, 3.8) is 0 Å². The molecule has 2 aromatic rings. The van der Waals surface area contributed by atoms with Crippen LogP contribution in [-0.2, 0) is 5.72 Å². The summed E-state index contributed by atoms with van der Waals surface area (Å²) in [5.74, 6) is -0.710. The van der Waals surface area contributed by atoms with Crippen LogP contribution in [-0.4, -0.2) is 18.2 Å². The Balaban J connectivity index is 2.12. The molecule has 1 atom stereocenters. The van der Waals surface area contributed by atoms with Gasteiger partial charge < -0.3 is 14.8 Å². The first kappa shape index (κ1) is 18.1. The van der Waals surface area contributed by atoms with Crippen LogP contribution in [0.15, 0.2) is 42.5 Å². The number of hydrogen-bond acceptors (Lipinski definition) is 3. The molecular formula is C19H18F3NO3. The van der Waals surface area contributed by atoms with Gasteiger partial charge in [0.1, 0.15) is 11.5 Å². The Hall–Kier alpha value is -2.70. The van der Waals surface area contributed by atoms with Crippen LogP contribution >= 0.6 is 0 Å². The minimum atomic E-state index is -4.87. The molecule has 1 unspecified atom stereocenters. The van der Waals surface area contributed by atoms with Gasteiger partial charge in [-0.2, -0.15) is 13.2 Å². The Morgan fingerprint density at radius 1 is 1.12 bits per heavy atom. The van der Waals surface area contributed by atoms with Crippen LogP contribution in [0.1, 0.15) is 35.3 Å². The Kier molecular flexibility index (Phi) is 4.34. The highest BCUT2D eigenvalue weighted by atomic mass is 19.4. The summed E-state index contributed by atoms with van der Waals surface area (Å²) >= 11 is 0. The number of hydrogen-bond donors (Lipinski definition) is 1. The van der Waals surface area contributed by atoms with E-state index >= 15 is 0 Å². The second kappa shape index (κ2) is 6.23. The molecule has 1 aliphatic heterocycles. The second-order valence-electron chi connectivity index (χ2n) is 6.43. The highest BCUT2D eigenvalue weighted by Crippen LogP contribution is 2.45. The molecule has 1 N–H and O–H groups in total. The summed E-state index contributed by atoms with van der Waals surface area (Å²) in [6.45, 7) is 5.34. The van der Waals surface area contributed by atoms with E-state index in [4.69, 9.17) is 9.47 Å². The van der Waals surface area contributed by atoms with Crippen molar-refractivity contribution in [3.05, 3.63) is 59.2 Å². The lowest BCUT2D eigenvalue weighted by atomic mass is 9.97. The van der Waals surface area contributed by atoms with E-state index in [1.54, 1.807) is 20.8 Å². The summed E-state index contributed by atoms with van der Waals surface area (Å²) in [5, 5.41) is 2.00. The monoisotopic (exact) mass is 365 g/mol. The van der Waals surface area contributed by atoms with E-state index < -0.39 is 17.8 Å². The lowest BCUT2D eigenvalue weighted by Gasteiger charge is -2.40. The van der Waals surface area contributed by atoms with Gasteiger partial charge in [-0.05, 0) is 32.9 Å². The second-order valence-corrected chi connectivity index (χ2v) is 6.43. The number of carbonyl (C=O) groups excluding carboxylic acids is 1. The van der Waals surface area contributed by atoms with Crippen molar-refractivity contribution in [1.82, 2.24) is 5.32 Å². The highest BCUT2D eigenvalue weighted by molar-refractivity contribution is 5.98. The van der Waals surface area contributed by atoms with E-state index in [9.17, 15) is 18.0 Å². The van der Waals surface area contributed by atoms with Gasteiger partial charge in [0, 0.05) is 11.6 Å². The summed E-state index contributed by atoms with van der Waals surface area (Å²) in [4.78, 5) is 12.4. The van der Waals surface area contributed by atoms with Crippen LogP contribution in [0.25, 0.3) is 0 Å². The first-order chi connectivity index (χ1) is 12.1. The van der Waals surface area contributed by atoms with E-state index in [-0.39, 0.29) is 23.0 Å². The molecule has 0 saturated heterocycles. The zero-order chi connectivity index (χ0) is 19.1. The van der Waals surface area contributed by atoms with E-state index in [2.05, 4.69) is 0 Å². The SMILES string of the molecule is Cc1ccc(C2(C(F)(F)F)NC(=O)c3ccc(OC(C)C)cc3O2)cc1. The normalized spacial score (nSPS) is 19.6. The fourth-order valence-electron chi connectivity index (χ4n) is 2.75. The molecule has 0 aliphatic carbocycles. The van der Waals surface area contributed by atoms with E-state index in [0.717, 1.165) is 5.56 Å². The Morgan fingerprint density at radius 2 is 1.77 bits per heavy atom. The molecule has 0 spiro atoms. The predicted octanol–water partition coefficient (Wildman–Crippen LogP) is 4.32. The first-order valence-corrected chi connectivity index (χ1v) is 8.08. The summed E-state index contributed by atoms with van der Waals surface area (Å²) in [6, 6.07) is 9.87. The lowest BCUT2D eigenvalue weighted by molar-refractivity contribution is -0.265. The van der Waals surface area contributed by atoms with Gasteiger partial charge in [0.25, 0.3) is 5.91 Å². The number of nitrogens with one attached hydrogen (secondary N) is 1. The van der Waals surface area contributed by atoms with Gasteiger partial charge in [0.2, 0.25) is 0 Å². The third-order valence-corrected chi connectivity index (χ3v) is 3.98. The number of fused-ring (bicyclic) bond motifs is 1. The summed E-state index contributed by atoms with van der Waals surface area (Å²) in [5.41, 5.74) is -2.35. The van der Waals surface area contributed by atoms with Crippen LogP contribution < -0.4 is 14.8 Å². The topological polar surface area (TPSA) is 47.6 Å². The van der Waals surface area contributed by atoms with Gasteiger partial charge in [0.15, 0.2) is 0 Å². The third kappa shape index (κ3) is 3.09. The van der Waals surface area contributed by atoms with E-state index in [0.29, 0.717) is 5.75 Å². The summed E-state index contributed by atoms with van der Waals surface area (Å²) in [6.07, 6.45) is -5.04. The minimum absolute atomic E-state index is 0.0214. The zero-order valence-corrected chi connectivity index (χ0v) is 14.5. The molecule has 138 valence electrons. The Morgan fingerprint density at radius 3 is 2.35 bits per heavy atom. The largest absolute Gasteiger partial charge is 0.491 e. The first-order valence-electron chi connectivity index (χ1n) is 8.08. The van der Waals surface area contributed by atoms with Crippen molar-refractivity contribution in [1.29, 1.82) is 0 Å². The van der Waals surface area contributed by atoms with Crippen LogP contribution in [0.3, 0.4) is 0 Å². The van der Waals surface area contributed by atoms with Gasteiger partial charge in [-0.3, -0.25) is 4.79 Å². The standard InChI is InChI=1S/C19H18F3NO3/c1-11(2)25-14-8-9-15-16(10-14)26-18(19(20,21)22,23-17(15)24)13-6-4-12(3)5-7-13/h4-11H,1-3H3,(H,23,24). The smallest absolute Gasteiger partial charge is 0.453 e. The maximum absolute atomic E-state index is 14.0. The van der Waals surface area contributed by atoms with Crippen molar-refractivity contribution < 1.29 is 27.4 Å². The number of alkyl halides is 3. The quantitative estimate of drug-likeness (QED) is 0.881. The van der Waals surface area contributed by atoms with Crippen LogP contribution in [0.4, 0.5) is 13.2 Å². The minimum Gasteiger partial charge on any atom is -0.491 e. The Labute approximate surface area is 148 Å². The molecule has 4 nitrogen and oxygen atoms in total. The van der Waals surface area contributed by atoms with Crippen LogP contribution in [0.5, 0.6) is 11.5 Å². The average molecular weight is 365 g/mol. The van der Waals surface area contributed by atoms with Crippen LogP contribution in [0, 0.1) is 6.92 Å². The molecular weight excluding hydrogens is 347 g/mol. The van der Waals surface area contributed by atoms with Crippen molar-refractivity contribution in [2.45, 2.75) is 38.8 Å². The predicted molar refractivity (Wildman–Crippen MR) is 89.2 cm³/mol. The Bertz CT molecular complexity index is 831. The van der Waals surface area contributed by atoms with Crippen molar-refractivity contribution in [3.8, 4) is 11.5 Å². The molecule has 7 heteroatoms. The van der Waals surface area contributed by atoms with Gasteiger partial charge in [-0.25, -0.2) is 0 Å². The van der Waals surface area contributed by atoms with Crippen LogP contribution in [0.2, 0.25) is 0 Å². The molecule has 0 aromatic heterocycles. The fourth-order valence-corrected chi connectivity index (χ4v) is 2.75. The summed E-state index contributed by atoms with van der Waals surface area (Å²) < 4.78 is 52.8. The van der Waals surface area contributed by atoms with Gasteiger partial charge in [-0.1, -0.05) is 29.8 Å². The molecule has 0 saturated carbocycles. The van der Waals surface area contributed by atoms with E-state index in [1.165, 1.54) is 42.5 Å². The number of ether oxygens (including phenoxy) is 2. The number of halogens is 3. The lowest BCUT2D eigenvalue weighted by Crippen LogP contribution is -2.62. The molecule has 1 aliphatic rings. The van der Waals surface area contributed by atoms with Crippen molar-refractivity contribution in [2.24, 2.45) is 0 Å². The molecule has 1 amide bonds. The highest BCUT2D eigenvalue weighted by Gasteiger charge is 2.62. The van der Waals surface area contributed by atoms with E-state index in [1.807, 2.05) is 5.32 Å². The molecule has 0 radical (unpaired) electrons. The van der Waals surface area contributed by atoms with Gasteiger partial charge in [-0.15, -0.1) is 0 Å². The molecule has 1 heterocycles. The third-order valence-electron chi connectivity index (χ3n) is 3.98. The molecule has 0 bridgehead atoms. The zero-order valence-electron chi connectivity index (χ0n) is 14.5. The maximum atomic E-state index is 14.0. The molecule has 2 aromatic carbocycles. The number of carbonyl (C=O) groups is 1. The van der Waals surface area contributed by atoms with Crippen molar-refractivity contribution >= 4 is 5.91 Å². The fraction of sp³-hybridized carbons (Fsp3) is 0.316. The van der Waals surface area contributed by atoms with Gasteiger partial charge >= 0.3 is 11.9 Å². The molecule has 0 fully saturated rings.